The number of rotatable bonds is 4. The molecule has 16 heavy (non-hydrogen) atoms. The second-order valence-corrected chi connectivity index (χ2v) is 3.86. The number of aromatic nitrogens is 1. The second-order valence-electron chi connectivity index (χ2n) is 3.86. The summed E-state index contributed by atoms with van der Waals surface area (Å²) in [5.41, 5.74) is 1.52. The van der Waals surface area contributed by atoms with Gasteiger partial charge in [-0.3, -0.25) is 0 Å². The lowest BCUT2D eigenvalue weighted by atomic mass is 10.3. The predicted molar refractivity (Wildman–Crippen MR) is 54.6 cm³/mol. The Balaban J connectivity index is 2.26. The SMILES string of the molecule is NNc1nc(NC2(CO)CC2)c(F)cc1F. The zero-order chi connectivity index (χ0) is 11.8. The van der Waals surface area contributed by atoms with E-state index >= 15 is 0 Å². The van der Waals surface area contributed by atoms with Crippen LogP contribution in [0, 0.1) is 11.6 Å². The van der Waals surface area contributed by atoms with Crippen molar-refractivity contribution in [2.24, 2.45) is 5.84 Å². The molecular weight excluding hydrogens is 218 g/mol. The molecule has 0 amide bonds. The highest BCUT2D eigenvalue weighted by molar-refractivity contribution is 5.49. The fourth-order valence-corrected chi connectivity index (χ4v) is 1.38. The first-order valence-electron chi connectivity index (χ1n) is 4.82. The molecule has 0 spiro atoms. The Hall–Kier alpha value is -1.47. The Morgan fingerprint density at radius 1 is 1.38 bits per heavy atom. The first kappa shape index (κ1) is 11.0. The van der Waals surface area contributed by atoms with Crippen LogP contribution in [-0.4, -0.2) is 22.2 Å². The first-order chi connectivity index (χ1) is 7.60. The number of nitrogens with two attached hydrogens (primary N) is 1. The van der Waals surface area contributed by atoms with Gasteiger partial charge >= 0.3 is 0 Å². The fourth-order valence-electron chi connectivity index (χ4n) is 1.38. The van der Waals surface area contributed by atoms with Gasteiger partial charge in [-0.1, -0.05) is 0 Å². The third-order valence-electron chi connectivity index (χ3n) is 2.61. The smallest absolute Gasteiger partial charge is 0.178 e. The topological polar surface area (TPSA) is 83.2 Å². The van der Waals surface area contributed by atoms with Gasteiger partial charge in [-0.25, -0.2) is 19.6 Å². The van der Waals surface area contributed by atoms with Crippen LogP contribution in [0.3, 0.4) is 0 Å². The number of anilines is 2. The summed E-state index contributed by atoms with van der Waals surface area (Å²) in [7, 11) is 0. The van der Waals surface area contributed by atoms with Gasteiger partial charge in [-0.05, 0) is 12.8 Å². The van der Waals surface area contributed by atoms with Crippen molar-refractivity contribution >= 4 is 11.6 Å². The third kappa shape index (κ3) is 1.91. The van der Waals surface area contributed by atoms with E-state index in [9.17, 15) is 8.78 Å². The molecule has 1 aromatic rings. The number of hydrazine groups is 1. The molecule has 1 saturated carbocycles. The van der Waals surface area contributed by atoms with Crippen LogP contribution in [0.4, 0.5) is 20.4 Å². The van der Waals surface area contributed by atoms with Gasteiger partial charge in [0.2, 0.25) is 0 Å². The summed E-state index contributed by atoms with van der Waals surface area (Å²) >= 11 is 0. The van der Waals surface area contributed by atoms with Gasteiger partial charge in [0.15, 0.2) is 23.3 Å². The molecule has 1 fully saturated rings. The number of halogens is 2. The van der Waals surface area contributed by atoms with Gasteiger partial charge in [0.05, 0.1) is 12.1 Å². The van der Waals surface area contributed by atoms with E-state index in [1.54, 1.807) is 0 Å². The maximum Gasteiger partial charge on any atom is 0.178 e. The predicted octanol–water partition coefficient (Wildman–Crippen LogP) is 0.582. The van der Waals surface area contributed by atoms with Gasteiger partial charge < -0.3 is 15.8 Å². The van der Waals surface area contributed by atoms with Crippen molar-refractivity contribution in [3.8, 4) is 0 Å². The van der Waals surface area contributed by atoms with Gasteiger partial charge in [-0.2, -0.15) is 0 Å². The molecule has 5 N–H and O–H groups in total. The Kier molecular flexibility index (Phi) is 2.64. The maximum atomic E-state index is 13.3. The molecule has 1 aliphatic carbocycles. The Labute approximate surface area is 90.6 Å². The largest absolute Gasteiger partial charge is 0.394 e. The van der Waals surface area contributed by atoms with Crippen molar-refractivity contribution in [2.45, 2.75) is 18.4 Å². The van der Waals surface area contributed by atoms with E-state index in [0.717, 1.165) is 12.8 Å². The number of hydrogen-bond acceptors (Lipinski definition) is 5. The standard InChI is InChI=1S/C9H12F2N4O/c10-5-3-6(11)8(15-12)13-7(5)14-9(4-16)1-2-9/h3,16H,1-2,4,12H2,(H2,13,14,15). The molecular formula is C9H12F2N4O. The van der Waals surface area contributed by atoms with Crippen molar-refractivity contribution in [2.75, 3.05) is 17.3 Å². The Morgan fingerprint density at radius 3 is 2.50 bits per heavy atom. The van der Waals surface area contributed by atoms with E-state index in [-0.39, 0.29) is 18.2 Å². The lowest BCUT2D eigenvalue weighted by molar-refractivity contribution is 0.265. The molecule has 1 heterocycles. The van der Waals surface area contributed by atoms with Crippen LogP contribution in [0.25, 0.3) is 0 Å². The average Bonchev–Trinajstić information content (AvgIpc) is 3.03. The number of nitrogens with one attached hydrogen (secondary N) is 2. The third-order valence-corrected chi connectivity index (χ3v) is 2.61. The van der Waals surface area contributed by atoms with Gasteiger partial charge in [-0.15, -0.1) is 0 Å². The molecule has 0 unspecified atom stereocenters. The summed E-state index contributed by atoms with van der Waals surface area (Å²) in [6.07, 6.45) is 1.46. The van der Waals surface area contributed by atoms with Crippen LogP contribution in [0.15, 0.2) is 6.07 Å². The van der Waals surface area contributed by atoms with E-state index in [4.69, 9.17) is 10.9 Å². The van der Waals surface area contributed by atoms with Crippen molar-refractivity contribution in [3.63, 3.8) is 0 Å². The number of aliphatic hydroxyl groups excluding tert-OH is 1. The van der Waals surface area contributed by atoms with Crippen molar-refractivity contribution < 1.29 is 13.9 Å². The zero-order valence-electron chi connectivity index (χ0n) is 8.43. The van der Waals surface area contributed by atoms with E-state index in [1.807, 2.05) is 5.43 Å². The van der Waals surface area contributed by atoms with Crippen LogP contribution in [-0.2, 0) is 0 Å². The number of pyridine rings is 1. The van der Waals surface area contributed by atoms with Crippen LogP contribution in [0.1, 0.15) is 12.8 Å². The summed E-state index contributed by atoms with van der Waals surface area (Å²) in [6.45, 7) is -0.114. The van der Waals surface area contributed by atoms with Crippen molar-refractivity contribution in [1.82, 2.24) is 4.98 Å². The van der Waals surface area contributed by atoms with Gasteiger partial charge in [0.1, 0.15) is 0 Å². The Bertz CT molecular complexity index is 409. The van der Waals surface area contributed by atoms with Gasteiger partial charge in [0.25, 0.3) is 0 Å². The molecule has 1 aromatic heterocycles. The van der Waals surface area contributed by atoms with Crippen LogP contribution < -0.4 is 16.6 Å². The maximum absolute atomic E-state index is 13.3. The number of aliphatic hydroxyl groups is 1. The lowest BCUT2D eigenvalue weighted by Gasteiger charge is -2.16. The minimum absolute atomic E-state index is 0.110. The summed E-state index contributed by atoms with van der Waals surface area (Å²) in [5, 5.41) is 11.8. The normalized spacial score (nSPS) is 17.0. The number of hydrogen-bond donors (Lipinski definition) is 4. The highest BCUT2D eigenvalue weighted by atomic mass is 19.1. The molecule has 1 aliphatic rings. The lowest BCUT2D eigenvalue weighted by Crippen LogP contribution is -2.27. The van der Waals surface area contributed by atoms with Crippen molar-refractivity contribution in [1.29, 1.82) is 0 Å². The Morgan fingerprint density at radius 2 is 2.00 bits per heavy atom. The minimum atomic E-state index is -0.862. The molecule has 88 valence electrons. The van der Waals surface area contributed by atoms with E-state index < -0.39 is 17.2 Å². The first-order valence-corrected chi connectivity index (χ1v) is 4.82. The average molecular weight is 230 g/mol. The molecule has 0 aliphatic heterocycles. The summed E-state index contributed by atoms with van der Waals surface area (Å²) in [6, 6.07) is 0.692. The van der Waals surface area contributed by atoms with E-state index in [1.165, 1.54) is 0 Å². The number of nitrogens with zero attached hydrogens (tertiary/aromatic N) is 1. The van der Waals surface area contributed by atoms with Gasteiger partial charge in [0, 0.05) is 6.07 Å². The van der Waals surface area contributed by atoms with Crippen LogP contribution >= 0.6 is 0 Å². The molecule has 0 atom stereocenters. The van der Waals surface area contributed by atoms with E-state index in [2.05, 4.69) is 10.3 Å². The molecule has 0 radical (unpaired) electrons. The molecule has 0 aromatic carbocycles. The zero-order valence-corrected chi connectivity index (χ0v) is 8.43. The highest BCUT2D eigenvalue weighted by Crippen LogP contribution is 2.38. The monoisotopic (exact) mass is 230 g/mol. The summed E-state index contributed by atoms with van der Waals surface area (Å²) < 4.78 is 26.4. The summed E-state index contributed by atoms with van der Waals surface area (Å²) in [4.78, 5) is 3.66. The molecule has 5 nitrogen and oxygen atoms in total. The molecule has 7 heteroatoms. The van der Waals surface area contributed by atoms with Crippen LogP contribution in [0.2, 0.25) is 0 Å². The second kappa shape index (κ2) is 3.84. The number of nitrogen functional groups attached to an aromatic ring is 1. The highest BCUT2D eigenvalue weighted by Gasteiger charge is 2.43. The summed E-state index contributed by atoms with van der Waals surface area (Å²) in [5.74, 6) is 3.01. The fraction of sp³-hybridized carbons (Fsp3) is 0.444. The molecule has 0 saturated heterocycles. The molecule has 2 rings (SSSR count). The molecule has 0 bridgehead atoms. The van der Waals surface area contributed by atoms with Crippen LogP contribution in [0.5, 0.6) is 0 Å². The quantitative estimate of drug-likeness (QED) is 0.449. The van der Waals surface area contributed by atoms with Crippen molar-refractivity contribution in [3.05, 3.63) is 17.7 Å². The van der Waals surface area contributed by atoms with E-state index in [0.29, 0.717) is 6.07 Å². The minimum Gasteiger partial charge on any atom is -0.394 e.